The SMILES string of the molecule is CSCC1(I)C=CC(C(=O)c2ccccc2)=CC1. The summed E-state index contributed by atoms with van der Waals surface area (Å²) in [7, 11) is 0. The predicted molar refractivity (Wildman–Crippen MR) is 87.7 cm³/mol. The molecule has 0 saturated heterocycles. The number of Topliss-reactive ketones (excluding diaryl/α,β-unsaturated/α-hetero) is 1. The van der Waals surface area contributed by atoms with Gasteiger partial charge >= 0.3 is 0 Å². The molecule has 0 heterocycles. The summed E-state index contributed by atoms with van der Waals surface area (Å²) in [6, 6.07) is 9.46. The summed E-state index contributed by atoms with van der Waals surface area (Å²) in [4.78, 5) is 12.2. The highest BCUT2D eigenvalue weighted by Crippen LogP contribution is 2.33. The lowest BCUT2D eigenvalue weighted by molar-refractivity contribution is 0.103. The Hall–Kier alpha value is -0.550. The van der Waals surface area contributed by atoms with E-state index in [-0.39, 0.29) is 9.20 Å². The molecule has 0 spiro atoms. The Morgan fingerprint density at radius 2 is 2.11 bits per heavy atom. The normalized spacial score (nSPS) is 22.7. The van der Waals surface area contributed by atoms with Crippen molar-refractivity contribution in [3.8, 4) is 0 Å². The van der Waals surface area contributed by atoms with Gasteiger partial charge in [-0.05, 0) is 12.7 Å². The van der Waals surface area contributed by atoms with Crippen molar-refractivity contribution in [3.63, 3.8) is 0 Å². The van der Waals surface area contributed by atoms with Gasteiger partial charge in [0.25, 0.3) is 0 Å². The molecular weight excluding hydrogens is 355 g/mol. The van der Waals surface area contributed by atoms with Crippen LogP contribution in [0.5, 0.6) is 0 Å². The number of carbonyl (C=O) groups is 1. The zero-order valence-corrected chi connectivity index (χ0v) is 13.2. The number of benzene rings is 1. The minimum Gasteiger partial charge on any atom is -0.289 e. The zero-order chi connectivity index (χ0) is 13.0. The Balaban J connectivity index is 2.12. The molecule has 1 nitrogen and oxygen atoms in total. The number of carbonyl (C=O) groups excluding carboxylic acids is 1. The van der Waals surface area contributed by atoms with E-state index >= 15 is 0 Å². The van der Waals surface area contributed by atoms with Crippen LogP contribution >= 0.6 is 34.4 Å². The van der Waals surface area contributed by atoms with E-state index in [4.69, 9.17) is 0 Å². The first-order valence-electron chi connectivity index (χ1n) is 5.82. The molecular formula is C15H15IOS. The van der Waals surface area contributed by atoms with Crippen molar-refractivity contribution < 1.29 is 4.79 Å². The lowest BCUT2D eigenvalue weighted by Crippen LogP contribution is -2.23. The molecule has 0 aliphatic heterocycles. The molecule has 0 aromatic heterocycles. The van der Waals surface area contributed by atoms with Crippen molar-refractivity contribution in [3.05, 3.63) is 59.7 Å². The zero-order valence-electron chi connectivity index (χ0n) is 10.2. The van der Waals surface area contributed by atoms with Gasteiger partial charge in [-0.3, -0.25) is 4.79 Å². The molecule has 1 unspecified atom stereocenters. The third kappa shape index (κ3) is 3.26. The predicted octanol–water partition coefficient (Wildman–Crippen LogP) is 4.29. The van der Waals surface area contributed by atoms with E-state index in [2.05, 4.69) is 41.0 Å². The first-order chi connectivity index (χ1) is 8.64. The third-order valence-corrected chi connectivity index (χ3v) is 5.41. The van der Waals surface area contributed by atoms with Crippen LogP contribution < -0.4 is 0 Å². The average molecular weight is 370 g/mol. The van der Waals surface area contributed by atoms with Crippen LogP contribution in [0.4, 0.5) is 0 Å². The van der Waals surface area contributed by atoms with Gasteiger partial charge < -0.3 is 0 Å². The van der Waals surface area contributed by atoms with Gasteiger partial charge in [0.05, 0.1) is 3.42 Å². The first-order valence-corrected chi connectivity index (χ1v) is 8.29. The standard InChI is InChI=1S/C15H15IOS/c1-18-11-15(16)9-7-13(8-10-15)14(17)12-5-3-2-4-6-12/h2-9H,10-11H2,1H3. The summed E-state index contributed by atoms with van der Waals surface area (Å²) in [5.74, 6) is 1.20. The molecule has 1 atom stereocenters. The molecule has 0 fully saturated rings. The average Bonchev–Trinajstić information content (AvgIpc) is 2.40. The van der Waals surface area contributed by atoms with Crippen LogP contribution in [-0.2, 0) is 0 Å². The van der Waals surface area contributed by atoms with E-state index < -0.39 is 0 Å². The van der Waals surface area contributed by atoms with Crippen LogP contribution in [0.2, 0.25) is 0 Å². The fourth-order valence-electron chi connectivity index (χ4n) is 1.93. The smallest absolute Gasteiger partial charge is 0.192 e. The second-order valence-corrected chi connectivity index (χ2v) is 7.37. The highest BCUT2D eigenvalue weighted by molar-refractivity contribution is 14.1. The van der Waals surface area contributed by atoms with Gasteiger partial charge in [0.2, 0.25) is 0 Å². The van der Waals surface area contributed by atoms with Gasteiger partial charge in [0.15, 0.2) is 5.78 Å². The molecule has 0 radical (unpaired) electrons. The van der Waals surface area contributed by atoms with Gasteiger partial charge in [-0.15, -0.1) is 0 Å². The molecule has 1 aromatic carbocycles. The number of hydrogen-bond donors (Lipinski definition) is 0. The number of rotatable bonds is 4. The summed E-state index contributed by atoms with van der Waals surface area (Å²) < 4.78 is 0.164. The Labute approximate surface area is 126 Å². The van der Waals surface area contributed by atoms with E-state index in [0.717, 1.165) is 23.3 Å². The van der Waals surface area contributed by atoms with Crippen LogP contribution in [-0.4, -0.2) is 21.2 Å². The maximum Gasteiger partial charge on any atom is 0.192 e. The van der Waals surface area contributed by atoms with Gasteiger partial charge in [-0.25, -0.2) is 0 Å². The second-order valence-electron chi connectivity index (χ2n) is 4.36. The van der Waals surface area contributed by atoms with Crippen LogP contribution in [0.15, 0.2) is 54.1 Å². The monoisotopic (exact) mass is 370 g/mol. The summed E-state index contributed by atoms with van der Waals surface area (Å²) in [6.07, 6.45) is 9.25. The van der Waals surface area contributed by atoms with E-state index in [0.29, 0.717) is 0 Å². The summed E-state index contributed by atoms with van der Waals surface area (Å²) >= 11 is 4.31. The summed E-state index contributed by atoms with van der Waals surface area (Å²) in [5, 5.41) is 0. The van der Waals surface area contributed by atoms with Crippen LogP contribution in [0.1, 0.15) is 16.8 Å². The maximum absolute atomic E-state index is 12.2. The van der Waals surface area contributed by atoms with Crippen LogP contribution in [0.25, 0.3) is 0 Å². The van der Waals surface area contributed by atoms with Crippen molar-refractivity contribution in [1.29, 1.82) is 0 Å². The number of hydrogen-bond acceptors (Lipinski definition) is 2. The van der Waals surface area contributed by atoms with E-state index in [1.807, 2.05) is 48.2 Å². The minimum atomic E-state index is 0.120. The Morgan fingerprint density at radius 1 is 1.39 bits per heavy atom. The molecule has 1 aromatic rings. The second kappa shape index (κ2) is 6.06. The number of thioether (sulfide) groups is 1. The topological polar surface area (TPSA) is 17.1 Å². The van der Waals surface area contributed by atoms with E-state index in [1.54, 1.807) is 0 Å². The van der Waals surface area contributed by atoms with Crippen LogP contribution in [0.3, 0.4) is 0 Å². The van der Waals surface area contributed by atoms with Gasteiger partial charge in [-0.2, -0.15) is 11.8 Å². The fourth-order valence-corrected chi connectivity index (χ4v) is 3.95. The van der Waals surface area contributed by atoms with Gasteiger partial charge in [-0.1, -0.05) is 71.2 Å². The maximum atomic E-state index is 12.2. The molecule has 0 bridgehead atoms. The van der Waals surface area contributed by atoms with Gasteiger partial charge in [0, 0.05) is 16.9 Å². The summed E-state index contributed by atoms with van der Waals surface area (Å²) in [6.45, 7) is 0. The van der Waals surface area contributed by atoms with Crippen molar-refractivity contribution in [2.24, 2.45) is 0 Å². The lowest BCUT2D eigenvalue weighted by Gasteiger charge is -2.24. The third-order valence-electron chi connectivity index (χ3n) is 2.91. The minimum absolute atomic E-state index is 0.120. The molecule has 2 rings (SSSR count). The van der Waals surface area contributed by atoms with Crippen molar-refractivity contribution in [2.75, 3.05) is 12.0 Å². The molecule has 3 heteroatoms. The van der Waals surface area contributed by atoms with E-state index in [1.165, 1.54) is 0 Å². The number of allylic oxidation sites excluding steroid dienone is 4. The van der Waals surface area contributed by atoms with E-state index in [9.17, 15) is 4.79 Å². The Bertz CT molecular complexity index is 492. The van der Waals surface area contributed by atoms with Gasteiger partial charge in [0.1, 0.15) is 0 Å². The lowest BCUT2D eigenvalue weighted by atomic mass is 9.93. The molecule has 0 amide bonds. The molecule has 0 saturated carbocycles. The summed E-state index contributed by atoms with van der Waals surface area (Å²) in [5.41, 5.74) is 1.58. The first kappa shape index (κ1) is 13.9. The number of alkyl halides is 1. The van der Waals surface area contributed by atoms with Crippen molar-refractivity contribution >= 4 is 40.1 Å². The largest absolute Gasteiger partial charge is 0.289 e. The van der Waals surface area contributed by atoms with Crippen LogP contribution in [0, 0.1) is 0 Å². The molecule has 1 aliphatic rings. The molecule has 94 valence electrons. The number of halogens is 1. The van der Waals surface area contributed by atoms with Crippen molar-refractivity contribution in [1.82, 2.24) is 0 Å². The highest BCUT2D eigenvalue weighted by Gasteiger charge is 2.25. The quantitative estimate of drug-likeness (QED) is 0.447. The number of ketones is 1. The molecule has 1 aliphatic carbocycles. The molecule has 18 heavy (non-hydrogen) atoms. The fraction of sp³-hybridized carbons (Fsp3) is 0.267. The highest BCUT2D eigenvalue weighted by atomic mass is 127. The Morgan fingerprint density at radius 3 is 2.67 bits per heavy atom. The molecule has 0 N–H and O–H groups in total. The Kier molecular flexibility index (Phi) is 4.67. The van der Waals surface area contributed by atoms with Crippen molar-refractivity contribution in [2.45, 2.75) is 9.84 Å².